The van der Waals surface area contributed by atoms with Crippen LogP contribution in [0.1, 0.15) is 43.5 Å². The van der Waals surface area contributed by atoms with Crippen LogP contribution in [0.5, 0.6) is 0 Å². The lowest BCUT2D eigenvalue weighted by Crippen LogP contribution is -2.28. The van der Waals surface area contributed by atoms with Crippen LogP contribution in [0.4, 0.5) is 0 Å². The van der Waals surface area contributed by atoms with Crippen LogP contribution in [0.3, 0.4) is 0 Å². The molecule has 6 nitrogen and oxygen atoms in total. The van der Waals surface area contributed by atoms with E-state index in [0.29, 0.717) is 21.6 Å². The zero-order valence-corrected chi connectivity index (χ0v) is 17.0. The maximum atomic E-state index is 12.4. The number of halogens is 2. The van der Waals surface area contributed by atoms with Crippen LogP contribution in [0.25, 0.3) is 0 Å². The van der Waals surface area contributed by atoms with Gasteiger partial charge in [-0.2, -0.15) is 0 Å². The van der Waals surface area contributed by atoms with E-state index in [1.807, 2.05) is 19.1 Å². The van der Waals surface area contributed by atoms with Crippen molar-refractivity contribution in [3.8, 4) is 0 Å². The summed E-state index contributed by atoms with van der Waals surface area (Å²) in [5.41, 5.74) is 7.52. The summed E-state index contributed by atoms with van der Waals surface area (Å²) in [6.45, 7) is 3.76. The molecule has 0 radical (unpaired) electrons. The first kappa shape index (κ1) is 20.6. The number of benzene rings is 1. The van der Waals surface area contributed by atoms with Crippen molar-refractivity contribution in [3.05, 3.63) is 61.7 Å². The summed E-state index contributed by atoms with van der Waals surface area (Å²) in [6.07, 6.45) is 1.97. The third kappa shape index (κ3) is 5.16. The Morgan fingerprint density at radius 1 is 1.38 bits per heavy atom. The fourth-order valence-electron chi connectivity index (χ4n) is 2.62. The van der Waals surface area contributed by atoms with Gasteiger partial charge in [0.1, 0.15) is 11.0 Å². The smallest absolute Gasteiger partial charge is 0.326 e. The number of rotatable bonds is 7. The minimum atomic E-state index is -0.478. The highest BCUT2D eigenvalue weighted by Crippen LogP contribution is 2.28. The van der Waals surface area contributed by atoms with Crippen molar-refractivity contribution in [2.45, 2.75) is 38.8 Å². The van der Waals surface area contributed by atoms with Gasteiger partial charge in [-0.3, -0.25) is 14.2 Å². The number of hydrogen-bond donors (Lipinski definition) is 1. The van der Waals surface area contributed by atoms with E-state index in [-0.39, 0.29) is 30.7 Å². The predicted molar refractivity (Wildman–Crippen MR) is 104 cm³/mol. The van der Waals surface area contributed by atoms with E-state index in [9.17, 15) is 9.59 Å². The summed E-state index contributed by atoms with van der Waals surface area (Å²) in [5.74, 6) is -0.533. The van der Waals surface area contributed by atoms with Gasteiger partial charge in [0.05, 0.1) is 18.6 Å². The van der Waals surface area contributed by atoms with Gasteiger partial charge >= 0.3 is 5.97 Å². The summed E-state index contributed by atoms with van der Waals surface area (Å²) < 4.78 is 6.41. The summed E-state index contributed by atoms with van der Waals surface area (Å²) >= 11 is 9.21. The average Bonchev–Trinajstić information content (AvgIpc) is 2.59. The van der Waals surface area contributed by atoms with Crippen LogP contribution < -0.4 is 11.3 Å². The average molecular weight is 443 g/mol. The van der Waals surface area contributed by atoms with Crippen LogP contribution in [-0.4, -0.2) is 22.1 Å². The van der Waals surface area contributed by atoms with Gasteiger partial charge in [0.2, 0.25) is 0 Å². The van der Waals surface area contributed by atoms with Crippen LogP contribution in [0, 0.1) is 0 Å². The molecule has 2 atom stereocenters. The number of ether oxygens (including phenoxy) is 1. The van der Waals surface area contributed by atoms with Crippen molar-refractivity contribution < 1.29 is 9.53 Å². The van der Waals surface area contributed by atoms with E-state index in [2.05, 4.69) is 20.9 Å². The quantitative estimate of drug-likeness (QED) is 0.664. The fourth-order valence-corrected chi connectivity index (χ4v) is 3.46. The molecule has 8 heteroatoms. The molecule has 1 heterocycles. The zero-order chi connectivity index (χ0) is 19.3. The molecule has 0 spiro atoms. The first-order valence-electron chi connectivity index (χ1n) is 8.25. The Morgan fingerprint density at radius 3 is 2.65 bits per heavy atom. The molecule has 1 aromatic heterocycles. The molecule has 0 amide bonds. The van der Waals surface area contributed by atoms with E-state index in [4.69, 9.17) is 22.1 Å². The number of esters is 1. The standard InChI is InChI=1S/C18H21BrClN3O3/c1-3-26-15(24)9-23-10-22-17(16(19)18(23)25)11(2)8-14(21)12-4-6-13(20)7-5-12/h4-7,10-11,14H,3,8-9,21H2,1-2H3/t11-,14-/m0/s1. The molecule has 1 aromatic carbocycles. The molecular weight excluding hydrogens is 422 g/mol. The van der Waals surface area contributed by atoms with Crippen LogP contribution in [0.15, 0.2) is 39.9 Å². The van der Waals surface area contributed by atoms with Gasteiger partial charge < -0.3 is 10.5 Å². The molecule has 0 aliphatic heterocycles. The third-order valence-corrected chi connectivity index (χ3v) is 4.98. The number of carbonyl (C=O) groups excluding carboxylic acids is 1. The molecule has 0 aliphatic carbocycles. The third-order valence-electron chi connectivity index (χ3n) is 3.99. The summed E-state index contributed by atoms with van der Waals surface area (Å²) in [7, 11) is 0. The lowest BCUT2D eigenvalue weighted by Gasteiger charge is -2.19. The Bertz CT molecular complexity index is 823. The van der Waals surface area contributed by atoms with Gasteiger partial charge in [0.15, 0.2) is 0 Å². The van der Waals surface area contributed by atoms with Crippen molar-refractivity contribution in [2.24, 2.45) is 5.73 Å². The minimum Gasteiger partial charge on any atom is -0.465 e. The van der Waals surface area contributed by atoms with Crippen molar-refractivity contribution >= 4 is 33.5 Å². The SMILES string of the molecule is CCOC(=O)Cn1cnc([C@@H](C)C[C@H](N)c2ccc(Cl)cc2)c(Br)c1=O. The van der Waals surface area contributed by atoms with E-state index in [1.165, 1.54) is 10.9 Å². The number of nitrogens with zero attached hydrogens (tertiary/aromatic N) is 2. The van der Waals surface area contributed by atoms with E-state index in [0.717, 1.165) is 5.56 Å². The monoisotopic (exact) mass is 441 g/mol. The van der Waals surface area contributed by atoms with Crippen molar-refractivity contribution in [1.29, 1.82) is 0 Å². The molecule has 0 saturated heterocycles. The maximum Gasteiger partial charge on any atom is 0.326 e. The lowest BCUT2D eigenvalue weighted by molar-refractivity contribution is -0.143. The normalized spacial score (nSPS) is 13.3. The van der Waals surface area contributed by atoms with Gasteiger partial charge in [-0.25, -0.2) is 4.98 Å². The Balaban J connectivity index is 2.14. The zero-order valence-electron chi connectivity index (χ0n) is 14.6. The topological polar surface area (TPSA) is 87.2 Å². The number of nitrogens with two attached hydrogens (primary N) is 1. The molecule has 0 saturated carbocycles. The molecular formula is C18H21BrClN3O3. The molecule has 2 aromatic rings. The largest absolute Gasteiger partial charge is 0.465 e. The molecule has 0 fully saturated rings. The highest BCUT2D eigenvalue weighted by atomic mass is 79.9. The molecule has 0 unspecified atom stereocenters. The Hall–Kier alpha value is -1.70. The second-order valence-corrected chi connectivity index (χ2v) is 7.21. The molecule has 0 bridgehead atoms. The van der Waals surface area contributed by atoms with Crippen molar-refractivity contribution in [1.82, 2.24) is 9.55 Å². The fraction of sp³-hybridized carbons (Fsp3) is 0.389. The highest BCUT2D eigenvalue weighted by molar-refractivity contribution is 9.10. The molecule has 2 rings (SSSR count). The second-order valence-electron chi connectivity index (χ2n) is 5.98. The van der Waals surface area contributed by atoms with E-state index >= 15 is 0 Å². The van der Waals surface area contributed by atoms with E-state index in [1.54, 1.807) is 19.1 Å². The minimum absolute atomic E-state index is 0.0556. The van der Waals surface area contributed by atoms with Crippen molar-refractivity contribution in [2.75, 3.05) is 6.61 Å². The first-order chi connectivity index (χ1) is 12.3. The van der Waals surface area contributed by atoms with Gasteiger partial charge in [0.25, 0.3) is 5.56 Å². The Labute approximate surface area is 165 Å². The van der Waals surface area contributed by atoms with Crippen molar-refractivity contribution in [3.63, 3.8) is 0 Å². The lowest BCUT2D eigenvalue weighted by atomic mass is 9.94. The molecule has 0 aliphatic rings. The first-order valence-corrected chi connectivity index (χ1v) is 9.42. The van der Waals surface area contributed by atoms with Crippen LogP contribution >= 0.6 is 27.5 Å². The number of hydrogen-bond acceptors (Lipinski definition) is 5. The Morgan fingerprint density at radius 2 is 2.04 bits per heavy atom. The van der Waals surface area contributed by atoms with Gasteiger partial charge in [-0.1, -0.05) is 30.7 Å². The number of aromatic nitrogens is 2. The Kier molecular flexibility index (Phi) is 7.37. The summed E-state index contributed by atoms with van der Waals surface area (Å²) in [5, 5.41) is 0.656. The van der Waals surface area contributed by atoms with Gasteiger partial charge in [-0.15, -0.1) is 0 Å². The predicted octanol–water partition coefficient (Wildman–Crippen LogP) is 3.42. The van der Waals surface area contributed by atoms with Crippen LogP contribution in [0.2, 0.25) is 5.02 Å². The van der Waals surface area contributed by atoms with Gasteiger partial charge in [-0.05, 0) is 47.0 Å². The number of carbonyl (C=O) groups is 1. The summed E-state index contributed by atoms with van der Waals surface area (Å²) in [4.78, 5) is 28.4. The van der Waals surface area contributed by atoms with Gasteiger partial charge in [0, 0.05) is 17.0 Å². The highest BCUT2D eigenvalue weighted by Gasteiger charge is 2.19. The van der Waals surface area contributed by atoms with Crippen LogP contribution in [-0.2, 0) is 16.1 Å². The summed E-state index contributed by atoms with van der Waals surface area (Å²) in [6, 6.07) is 7.16. The van der Waals surface area contributed by atoms with E-state index < -0.39 is 5.97 Å². The maximum absolute atomic E-state index is 12.4. The molecule has 26 heavy (non-hydrogen) atoms. The molecule has 2 N–H and O–H groups in total. The molecule has 140 valence electrons. The second kappa shape index (κ2) is 9.30.